The highest BCUT2D eigenvalue weighted by Crippen LogP contribution is 2.35. The molecular weight excluding hydrogens is 1410 g/mol. The lowest BCUT2D eigenvalue weighted by atomic mass is 9.91. The van der Waals surface area contributed by atoms with E-state index in [0.717, 1.165) is 67.3 Å². The van der Waals surface area contributed by atoms with Crippen molar-refractivity contribution in [1.29, 1.82) is 0 Å². The summed E-state index contributed by atoms with van der Waals surface area (Å²) in [6.45, 7) is 72.9. The monoisotopic (exact) mass is 1560 g/mol. The Hall–Kier alpha value is -8.86. The number of nitrogens with zero attached hydrogens (tertiary/aromatic N) is 6. The third kappa shape index (κ3) is 28.0. The van der Waals surface area contributed by atoms with Crippen LogP contribution >= 0.6 is 0 Å². The molecule has 0 amide bonds. The van der Waals surface area contributed by atoms with E-state index in [1.165, 1.54) is 20.3 Å². The van der Waals surface area contributed by atoms with E-state index in [-0.39, 0.29) is 92.5 Å². The molecule has 0 fully saturated rings. The van der Waals surface area contributed by atoms with Crippen LogP contribution in [0.4, 0.5) is 0 Å². The maximum absolute atomic E-state index is 12.1. The Kier molecular flexibility index (Phi) is 41.5. The molecule has 0 aliphatic heterocycles. The van der Waals surface area contributed by atoms with Gasteiger partial charge in [-0.1, -0.05) is 209 Å². The van der Waals surface area contributed by atoms with Gasteiger partial charge in [-0.2, -0.15) is 0 Å². The van der Waals surface area contributed by atoms with Crippen molar-refractivity contribution in [3.05, 3.63) is 243 Å². The molecule has 0 atom stereocenters. The van der Waals surface area contributed by atoms with Gasteiger partial charge < -0.3 is 52.9 Å². The first-order valence-electron chi connectivity index (χ1n) is 41.1. The molecule has 6 aromatic heterocycles. The van der Waals surface area contributed by atoms with Gasteiger partial charge in [0, 0.05) is 107 Å². The molecule has 0 aliphatic rings. The lowest BCUT2D eigenvalue weighted by molar-refractivity contribution is 0.436. The number of hydrogen-bond acceptors (Lipinski definition) is 11. The minimum atomic E-state index is -0.300. The summed E-state index contributed by atoms with van der Waals surface area (Å²) < 4.78 is 10.1. The van der Waals surface area contributed by atoms with E-state index in [4.69, 9.17) is 0 Å². The zero-order valence-electron chi connectivity index (χ0n) is 76.8. The van der Waals surface area contributed by atoms with Crippen LogP contribution in [0, 0.1) is 27.7 Å². The van der Waals surface area contributed by atoms with Crippen molar-refractivity contribution in [2.45, 2.75) is 344 Å². The fraction of sp³-hybridized carbons (Fsp3) is 0.562. The number of aromatic nitrogens is 6. The van der Waals surface area contributed by atoms with E-state index in [2.05, 4.69) is 121 Å². The summed E-state index contributed by atoms with van der Waals surface area (Å²) in [6.07, 6.45) is 3.48. The summed E-state index contributed by atoms with van der Waals surface area (Å²) in [5.41, 5.74) is 15.2. The van der Waals surface area contributed by atoms with E-state index >= 15 is 0 Å². The molecule has 8 rings (SSSR count). The predicted molar refractivity (Wildman–Crippen MR) is 477 cm³/mol. The molecule has 0 saturated carbocycles. The normalized spacial score (nSPS) is 11.3. The number of phenols is 2. The molecule has 6 heterocycles. The van der Waals surface area contributed by atoms with Crippen molar-refractivity contribution in [3.8, 4) is 28.7 Å². The summed E-state index contributed by atoms with van der Waals surface area (Å²) >= 11 is 0. The lowest BCUT2D eigenvalue weighted by Gasteiger charge is -2.18. The molecule has 8 aromatic rings. The molecule has 0 saturated heterocycles. The van der Waals surface area contributed by atoms with Crippen LogP contribution in [0.1, 0.15) is 406 Å². The maximum Gasteiger partial charge on any atom is 0.293 e. The zero-order chi connectivity index (χ0) is 87.9. The van der Waals surface area contributed by atoms with Crippen molar-refractivity contribution >= 4 is 0 Å². The largest absolute Gasteiger partial charge is 0.507 e. The molecule has 630 valence electrons. The topological polar surface area (TPSA) is 233 Å². The Bertz CT molecular complexity index is 4280. The minimum Gasteiger partial charge on any atom is -0.507 e. The number of hydrogen-bond donors (Lipinski definition) is 5. The van der Waals surface area contributed by atoms with Crippen molar-refractivity contribution in [3.63, 3.8) is 0 Å². The van der Waals surface area contributed by atoms with E-state index < -0.39 is 0 Å². The van der Waals surface area contributed by atoms with Gasteiger partial charge in [0.05, 0.1) is 0 Å². The molecule has 0 aliphatic carbocycles. The first-order valence-corrected chi connectivity index (χ1v) is 41.1. The van der Waals surface area contributed by atoms with E-state index in [9.17, 15) is 54.3 Å². The number of rotatable bonds is 16. The summed E-state index contributed by atoms with van der Waals surface area (Å²) in [7, 11) is 3.70. The van der Waals surface area contributed by atoms with Crippen LogP contribution in [0.3, 0.4) is 0 Å². The predicted octanol–water partition coefficient (Wildman–Crippen LogP) is 23.1. The van der Waals surface area contributed by atoms with Gasteiger partial charge in [-0.3, -0.25) is 28.8 Å². The highest BCUT2D eigenvalue weighted by Gasteiger charge is 2.21. The van der Waals surface area contributed by atoms with E-state index in [1.54, 1.807) is 38.2 Å². The Morgan fingerprint density at radius 1 is 0.239 bits per heavy atom. The number of aryl methyl sites for hydroxylation is 2. The number of benzene rings is 2. The van der Waals surface area contributed by atoms with Crippen molar-refractivity contribution in [2.24, 2.45) is 14.1 Å². The molecule has 17 heteroatoms. The molecule has 0 unspecified atom stereocenters. The van der Waals surface area contributed by atoms with Gasteiger partial charge in [-0.15, -0.1) is 0 Å². The highest BCUT2D eigenvalue weighted by atomic mass is 16.3. The second kappa shape index (κ2) is 45.9. The third-order valence-corrected chi connectivity index (χ3v) is 20.3. The zero-order valence-corrected chi connectivity index (χ0v) is 76.8. The fourth-order valence-corrected chi connectivity index (χ4v) is 13.5. The molecule has 17 nitrogen and oxygen atoms in total. The van der Waals surface area contributed by atoms with Crippen LogP contribution < -0.4 is 33.4 Å². The van der Waals surface area contributed by atoms with Crippen molar-refractivity contribution in [2.75, 3.05) is 0 Å². The van der Waals surface area contributed by atoms with Gasteiger partial charge in [0.15, 0.2) is 17.2 Å². The van der Waals surface area contributed by atoms with Crippen molar-refractivity contribution < 1.29 is 25.5 Å². The fourth-order valence-electron chi connectivity index (χ4n) is 13.5. The molecule has 113 heavy (non-hydrogen) atoms. The van der Waals surface area contributed by atoms with Crippen LogP contribution in [0.5, 0.6) is 28.7 Å². The molecule has 0 radical (unpaired) electrons. The number of para-hydroxylation sites is 1. The number of pyridine rings is 6. The molecular formula is C96H150N6O11. The van der Waals surface area contributed by atoms with E-state index in [0.29, 0.717) is 75.9 Å². The SMILES string of the molecule is CC(C)c1ccc(C(C)C)n(C)c1=O.CC(C)c1ccc(C(C)C)n(C)c1=O.CC(C)c1cccc(C(C)C)c1O.CC(C)c1ccn(C(C)C)c(=O)c1O.CC(C)c1ccn(C(C)C)c(=O)c1O.Cc1c(C(C)C)cc(C)n(C(C)C)c1=O.Cc1c(C(C)C)ccc(C(C)C)c1O.Cc1cc(C(C)C)c(O)c(=O)n1C(C)C. The Morgan fingerprint density at radius 3 is 0.796 bits per heavy atom. The van der Waals surface area contributed by atoms with Gasteiger partial charge in [0.1, 0.15) is 11.5 Å². The summed E-state index contributed by atoms with van der Waals surface area (Å²) in [5.74, 6) is 4.57. The van der Waals surface area contributed by atoms with Gasteiger partial charge in [-0.25, -0.2) is 0 Å². The quantitative estimate of drug-likeness (QED) is 0.0610. The van der Waals surface area contributed by atoms with Gasteiger partial charge in [0.25, 0.3) is 33.4 Å². The smallest absolute Gasteiger partial charge is 0.293 e. The second-order valence-corrected chi connectivity index (χ2v) is 34.9. The third-order valence-electron chi connectivity index (χ3n) is 20.3. The Balaban J connectivity index is 0.000000646. The summed E-state index contributed by atoms with van der Waals surface area (Å²) in [6, 6.07) is 26.3. The van der Waals surface area contributed by atoms with Crippen LogP contribution in [0.2, 0.25) is 0 Å². The summed E-state index contributed by atoms with van der Waals surface area (Å²) in [5, 5.41) is 49.0. The van der Waals surface area contributed by atoms with Crippen LogP contribution in [-0.4, -0.2) is 52.9 Å². The lowest BCUT2D eigenvalue weighted by Crippen LogP contribution is -2.27. The second-order valence-electron chi connectivity index (χ2n) is 34.9. The standard InChI is InChI=1S/C13H21NO.C13H20O.C12H19NO2.2C12H19NO.C12H18O.2C11H17NO2/c1-8(2)12-7-10(5)14(9(3)4)13(15)11(12)6;1-8(2)11-6-7-12(9(3)4)13(14)10(11)5;1-7(2)10-6-9(5)13(8(3)4)12(15)11(10)14;2*1-8(2)10-6-7-11(9(3)4)13(5)12(10)14;1-8(2)10-6-5-7-11(9(3)4)12(10)13;2*1-7(2)9-5-6-12(8(3)4)11(14)10(9)13/h7-9H,1-6H3;6-9,14H,1-5H3;6-8,14H,1-5H3;2*6-9H,1-5H3;5-9,13H,1-4H3;2*5-8,13H,1-4H3. The first-order chi connectivity index (χ1) is 52.0. The number of phenolic OH excluding ortho intramolecular Hbond substituents is 2. The highest BCUT2D eigenvalue weighted by molar-refractivity contribution is 5.47. The van der Waals surface area contributed by atoms with Crippen LogP contribution in [0.25, 0.3) is 0 Å². The molecule has 5 N–H and O–H groups in total. The first kappa shape index (κ1) is 102. The summed E-state index contributed by atoms with van der Waals surface area (Å²) in [4.78, 5) is 71.1. The number of aromatic hydroxyl groups is 5. The minimum absolute atomic E-state index is 0.0737. The van der Waals surface area contributed by atoms with Crippen LogP contribution in [-0.2, 0) is 14.1 Å². The van der Waals surface area contributed by atoms with Crippen molar-refractivity contribution in [1.82, 2.24) is 27.4 Å². The maximum atomic E-state index is 12.1. The Labute approximate surface area is 679 Å². The molecule has 0 spiro atoms. The van der Waals surface area contributed by atoms with Gasteiger partial charge in [0.2, 0.25) is 0 Å². The van der Waals surface area contributed by atoms with Gasteiger partial charge in [-0.05, 0) is 224 Å². The van der Waals surface area contributed by atoms with E-state index in [1.807, 2.05) is 213 Å². The Morgan fingerprint density at radius 2 is 0.504 bits per heavy atom. The average Bonchev–Trinajstić information content (AvgIpc) is 0.795. The van der Waals surface area contributed by atoms with Crippen LogP contribution in [0.15, 0.2) is 120 Å². The molecule has 0 bridgehead atoms. The molecule has 2 aromatic carbocycles. The average molecular weight is 1560 g/mol. The van der Waals surface area contributed by atoms with Gasteiger partial charge >= 0.3 is 0 Å².